The Labute approximate surface area is 192 Å². The number of rotatable bonds is 5. The minimum Gasteiger partial charge on any atom is -0.361 e. The summed E-state index contributed by atoms with van der Waals surface area (Å²) in [5, 5.41) is 11.8. The van der Waals surface area contributed by atoms with Crippen molar-refractivity contribution in [1.82, 2.24) is 4.90 Å². The number of anilines is 1. The van der Waals surface area contributed by atoms with E-state index in [1.807, 2.05) is 77.4 Å². The molecule has 0 aromatic heterocycles. The number of hydrogen-bond donors (Lipinski definition) is 0. The van der Waals surface area contributed by atoms with Crippen LogP contribution in [0.3, 0.4) is 0 Å². The van der Waals surface area contributed by atoms with Gasteiger partial charge in [-0.15, -0.1) is 0 Å². The molecule has 0 atom stereocenters. The topological polar surface area (TPSA) is 66.7 Å². The molecule has 164 valence electrons. The van der Waals surface area contributed by atoms with Crippen molar-refractivity contribution in [3.8, 4) is 0 Å². The molecule has 0 spiro atoms. The third-order valence-corrected chi connectivity index (χ3v) is 6.48. The zero-order valence-corrected chi connectivity index (χ0v) is 18.5. The quantitative estimate of drug-likeness (QED) is 0.410. The summed E-state index contributed by atoms with van der Waals surface area (Å²) in [6.45, 7) is 3.81. The molecule has 1 saturated heterocycles. The first-order chi connectivity index (χ1) is 15.4. The Balaban J connectivity index is 1.61. The SMILES string of the molecule is CC(C(=O)N1CCN(c2c(Cl)cccc2[N+](=O)[O-])CC1)(c1ccccc1)c1ccccc1. The van der Waals surface area contributed by atoms with Crippen LogP contribution in [0.15, 0.2) is 78.9 Å². The zero-order valence-electron chi connectivity index (χ0n) is 17.8. The molecule has 0 bridgehead atoms. The molecular formula is C25H24ClN3O3. The molecule has 3 aromatic rings. The Morgan fingerprint density at radius 2 is 1.41 bits per heavy atom. The lowest BCUT2D eigenvalue weighted by atomic mass is 9.75. The van der Waals surface area contributed by atoms with Gasteiger partial charge in [0.2, 0.25) is 5.91 Å². The summed E-state index contributed by atoms with van der Waals surface area (Å²) in [6, 6.07) is 24.3. The predicted molar refractivity (Wildman–Crippen MR) is 126 cm³/mol. The monoisotopic (exact) mass is 449 g/mol. The molecule has 1 aliphatic heterocycles. The highest BCUT2D eigenvalue weighted by molar-refractivity contribution is 6.33. The van der Waals surface area contributed by atoms with Crippen LogP contribution in [-0.4, -0.2) is 41.9 Å². The van der Waals surface area contributed by atoms with Gasteiger partial charge in [-0.3, -0.25) is 14.9 Å². The van der Waals surface area contributed by atoms with Crippen LogP contribution >= 0.6 is 11.6 Å². The molecule has 3 aromatic carbocycles. The van der Waals surface area contributed by atoms with Crippen LogP contribution in [0.25, 0.3) is 0 Å². The standard InChI is InChI=1S/C25H24ClN3O3/c1-25(19-9-4-2-5-10-19,20-11-6-3-7-12-20)24(30)28-17-15-27(16-18-28)23-21(26)13-8-14-22(23)29(31)32/h2-14H,15-18H2,1H3. The fourth-order valence-electron chi connectivity index (χ4n) is 4.37. The van der Waals surface area contributed by atoms with Crippen molar-refractivity contribution in [1.29, 1.82) is 0 Å². The molecule has 1 amide bonds. The van der Waals surface area contributed by atoms with Crippen molar-refractivity contribution in [3.63, 3.8) is 0 Å². The van der Waals surface area contributed by atoms with Gasteiger partial charge in [0.05, 0.1) is 15.4 Å². The van der Waals surface area contributed by atoms with E-state index in [1.54, 1.807) is 12.1 Å². The minimum absolute atomic E-state index is 0.0169. The van der Waals surface area contributed by atoms with Gasteiger partial charge < -0.3 is 9.80 Å². The Kier molecular flexibility index (Phi) is 6.15. The van der Waals surface area contributed by atoms with E-state index in [0.29, 0.717) is 36.9 Å². The first-order valence-electron chi connectivity index (χ1n) is 10.5. The molecule has 1 fully saturated rings. The second-order valence-electron chi connectivity index (χ2n) is 8.00. The van der Waals surface area contributed by atoms with Crippen molar-refractivity contribution >= 4 is 28.9 Å². The smallest absolute Gasteiger partial charge is 0.294 e. The fourth-order valence-corrected chi connectivity index (χ4v) is 4.66. The molecule has 0 aliphatic carbocycles. The van der Waals surface area contributed by atoms with E-state index in [0.717, 1.165) is 11.1 Å². The van der Waals surface area contributed by atoms with E-state index in [-0.39, 0.29) is 11.6 Å². The van der Waals surface area contributed by atoms with Gasteiger partial charge in [-0.25, -0.2) is 0 Å². The molecular weight excluding hydrogens is 426 g/mol. The van der Waals surface area contributed by atoms with Crippen LogP contribution in [0.5, 0.6) is 0 Å². The highest BCUT2D eigenvalue weighted by Crippen LogP contribution is 2.37. The summed E-state index contributed by atoms with van der Waals surface area (Å²) in [6.07, 6.45) is 0. The third-order valence-electron chi connectivity index (χ3n) is 6.18. The maximum Gasteiger partial charge on any atom is 0.294 e. The van der Waals surface area contributed by atoms with Crippen molar-refractivity contribution in [3.05, 3.63) is 105 Å². The van der Waals surface area contributed by atoms with E-state index in [4.69, 9.17) is 11.6 Å². The second kappa shape index (κ2) is 9.01. The summed E-state index contributed by atoms with van der Waals surface area (Å²) < 4.78 is 0. The Morgan fingerprint density at radius 3 is 1.91 bits per heavy atom. The third kappa shape index (κ3) is 3.94. The van der Waals surface area contributed by atoms with Crippen LogP contribution < -0.4 is 4.90 Å². The molecule has 6 nitrogen and oxygen atoms in total. The molecule has 32 heavy (non-hydrogen) atoms. The van der Waals surface area contributed by atoms with Crippen molar-refractivity contribution in [2.24, 2.45) is 0 Å². The number of piperazine rings is 1. The number of carbonyl (C=O) groups excluding carboxylic acids is 1. The van der Waals surface area contributed by atoms with Gasteiger partial charge in [0.1, 0.15) is 5.69 Å². The lowest BCUT2D eigenvalue weighted by Crippen LogP contribution is -2.54. The second-order valence-corrected chi connectivity index (χ2v) is 8.41. The highest BCUT2D eigenvalue weighted by Gasteiger charge is 2.41. The van der Waals surface area contributed by atoms with Crippen LogP contribution in [0.4, 0.5) is 11.4 Å². The average Bonchev–Trinajstić information content (AvgIpc) is 2.84. The maximum atomic E-state index is 13.9. The number of carbonyl (C=O) groups is 1. The summed E-state index contributed by atoms with van der Waals surface area (Å²) in [4.78, 5) is 28.7. The minimum atomic E-state index is -0.832. The van der Waals surface area contributed by atoms with Crippen molar-refractivity contribution in [2.45, 2.75) is 12.3 Å². The van der Waals surface area contributed by atoms with Gasteiger partial charge in [0.15, 0.2) is 0 Å². The number of benzene rings is 3. The van der Waals surface area contributed by atoms with Crippen molar-refractivity contribution in [2.75, 3.05) is 31.1 Å². The molecule has 0 radical (unpaired) electrons. The molecule has 0 N–H and O–H groups in total. The molecule has 4 rings (SSSR count). The number of nitro groups is 1. The first kappa shape index (κ1) is 21.8. The van der Waals surface area contributed by atoms with Crippen LogP contribution in [0, 0.1) is 10.1 Å². The number of nitro benzene ring substituents is 1. The number of amides is 1. The molecule has 7 heteroatoms. The number of para-hydroxylation sites is 1. The Morgan fingerprint density at radius 1 is 0.875 bits per heavy atom. The normalized spacial score (nSPS) is 14.3. The van der Waals surface area contributed by atoms with Gasteiger partial charge in [-0.1, -0.05) is 78.3 Å². The van der Waals surface area contributed by atoms with Gasteiger partial charge in [-0.2, -0.15) is 0 Å². The van der Waals surface area contributed by atoms with Gasteiger partial charge in [0.25, 0.3) is 5.69 Å². The van der Waals surface area contributed by atoms with Gasteiger partial charge in [0, 0.05) is 32.2 Å². The fraction of sp³-hybridized carbons (Fsp3) is 0.240. The molecule has 0 unspecified atom stereocenters. The Hall–Kier alpha value is -3.38. The maximum absolute atomic E-state index is 13.9. The number of nitrogens with zero attached hydrogens (tertiary/aromatic N) is 3. The van der Waals surface area contributed by atoms with Crippen LogP contribution in [-0.2, 0) is 10.2 Å². The molecule has 1 heterocycles. The predicted octanol–water partition coefficient (Wildman–Crippen LogP) is 4.90. The zero-order chi connectivity index (χ0) is 22.7. The van der Waals surface area contributed by atoms with E-state index in [1.165, 1.54) is 6.07 Å². The Bertz CT molecular complexity index is 1070. The van der Waals surface area contributed by atoms with Gasteiger partial charge in [-0.05, 0) is 24.1 Å². The summed E-state index contributed by atoms with van der Waals surface area (Å²) >= 11 is 6.31. The molecule has 1 aliphatic rings. The summed E-state index contributed by atoms with van der Waals surface area (Å²) in [5.41, 5.74) is 1.43. The number of hydrogen-bond acceptors (Lipinski definition) is 4. The van der Waals surface area contributed by atoms with E-state index in [9.17, 15) is 14.9 Å². The lowest BCUT2D eigenvalue weighted by Gasteiger charge is -2.41. The van der Waals surface area contributed by atoms with Crippen LogP contribution in [0.1, 0.15) is 18.1 Å². The van der Waals surface area contributed by atoms with Gasteiger partial charge >= 0.3 is 0 Å². The van der Waals surface area contributed by atoms with E-state index < -0.39 is 10.3 Å². The van der Waals surface area contributed by atoms with E-state index >= 15 is 0 Å². The van der Waals surface area contributed by atoms with E-state index in [2.05, 4.69) is 0 Å². The van der Waals surface area contributed by atoms with Crippen molar-refractivity contribution < 1.29 is 9.72 Å². The largest absolute Gasteiger partial charge is 0.361 e. The average molecular weight is 450 g/mol. The summed E-state index contributed by atoms with van der Waals surface area (Å²) in [5.74, 6) is 0.0169. The highest BCUT2D eigenvalue weighted by atomic mass is 35.5. The number of halogens is 1. The van der Waals surface area contributed by atoms with Crippen LogP contribution in [0.2, 0.25) is 5.02 Å². The molecule has 0 saturated carbocycles. The lowest BCUT2D eigenvalue weighted by molar-refractivity contribution is -0.384. The summed E-state index contributed by atoms with van der Waals surface area (Å²) in [7, 11) is 0. The first-order valence-corrected chi connectivity index (χ1v) is 10.9.